The Kier molecular flexibility index (Phi) is 9.61. The van der Waals surface area contributed by atoms with Crippen LogP contribution in [-0.4, -0.2) is 53.4 Å². The van der Waals surface area contributed by atoms with Gasteiger partial charge in [0.2, 0.25) is 0 Å². The second-order valence-corrected chi connectivity index (χ2v) is 7.80. The highest BCUT2D eigenvalue weighted by atomic mass is 127. The Hall–Kier alpha value is -2.33. The number of hydrogen-bond acceptors (Lipinski definition) is 4. The number of nitrogens with zero attached hydrogens (tertiary/aromatic N) is 4. The molecule has 1 unspecified atom stereocenters. The third kappa shape index (κ3) is 6.59. The monoisotopic (exact) mass is 548 g/mol. The van der Waals surface area contributed by atoms with E-state index in [-0.39, 0.29) is 30.0 Å². The predicted octanol–water partition coefficient (Wildman–Crippen LogP) is 4.02. The van der Waals surface area contributed by atoms with E-state index >= 15 is 0 Å². The summed E-state index contributed by atoms with van der Waals surface area (Å²) in [4.78, 5) is 7.35. The summed E-state index contributed by atoms with van der Waals surface area (Å²) >= 11 is 0. The average molecular weight is 548 g/mol. The normalized spacial score (nSPS) is 15.3. The van der Waals surface area contributed by atoms with E-state index in [0.717, 1.165) is 50.0 Å². The lowest BCUT2D eigenvalue weighted by Gasteiger charge is -2.24. The molecule has 3 aromatic rings. The van der Waals surface area contributed by atoms with Crippen molar-refractivity contribution in [2.45, 2.75) is 32.2 Å². The minimum atomic E-state index is 0. The molecule has 0 amide bonds. The van der Waals surface area contributed by atoms with Crippen LogP contribution in [0.4, 0.5) is 0 Å². The van der Waals surface area contributed by atoms with Crippen LogP contribution in [-0.2, 0) is 6.42 Å². The fourth-order valence-electron chi connectivity index (χ4n) is 3.98. The lowest BCUT2D eigenvalue weighted by Crippen LogP contribution is -2.39. The number of furan rings is 1. The predicted molar refractivity (Wildman–Crippen MR) is 139 cm³/mol. The van der Waals surface area contributed by atoms with Gasteiger partial charge in [-0.25, -0.2) is 4.68 Å². The molecule has 0 saturated carbocycles. The van der Waals surface area contributed by atoms with Gasteiger partial charge in [0.15, 0.2) is 5.96 Å². The minimum Gasteiger partial charge on any atom is -0.468 e. The maximum absolute atomic E-state index is 5.72. The maximum Gasteiger partial charge on any atom is 0.191 e. The molecule has 1 aliphatic rings. The second kappa shape index (κ2) is 12.6. The average Bonchev–Trinajstić information content (AvgIpc) is 3.58. The lowest BCUT2D eigenvalue weighted by atomic mass is 10.2. The second-order valence-electron chi connectivity index (χ2n) is 7.80. The lowest BCUT2D eigenvalue weighted by molar-refractivity contribution is 0.221. The highest BCUT2D eigenvalue weighted by molar-refractivity contribution is 14.0. The van der Waals surface area contributed by atoms with Crippen LogP contribution in [0, 0.1) is 0 Å². The SMILES string of the molecule is CCNC(=NCC(c1ccco1)N1CCCC1)NCCc1cnn(-c2ccccc2)c1.I. The molecule has 7 nitrogen and oxygen atoms in total. The molecule has 0 spiro atoms. The first-order chi connectivity index (χ1) is 15.3. The van der Waals surface area contributed by atoms with E-state index in [1.165, 1.54) is 18.4 Å². The van der Waals surface area contributed by atoms with Gasteiger partial charge < -0.3 is 15.1 Å². The Morgan fingerprint density at radius 1 is 1.12 bits per heavy atom. The minimum absolute atomic E-state index is 0. The van der Waals surface area contributed by atoms with Crippen LogP contribution in [0.1, 0.15) is 37.1 Å². The standard InChI is InChI=1S/C24H32N6O.HI/c1-2-25-24(27-18-22(23-11-8-16-31-23)29-14-6-7-15-29)26-13-12-20-17-28-30(19-20)21-9-4-3-5-10-21;/h3-5,8-11,16-17,19,22H,2,6-7,12-15,18H2,1H3,(H2,25,26,27);1H. The first kappa shape index (κ1) is 24.3. The fraction of sp³-hybridized carbons (Fsp3) is 0.417. The number of aromatic nitrogens is 2. The Balaban J connectivity index is 0.00000289. The molecule has 3 heterocycles. The number of aliphatic imine (C=N–C) groups is 1. The van der Waals surface area contributed by atoms with Gasteiger partial charge >= 0.3 is 0 Å². The van der Waals surface area contributed by atoms with Gasteiger partial charge in [0.1, 0.15) is 5.76 Å². The van der Waals surface area contributed by atoms with E-state index in [4.69, 9.17) is 9.41 Å². The number of halogens is 1. The number of guanidine groups is 1. The zero-order valence-corrected chi connectivity index (χ0v) is 20.9. The van der Waals surface area contributed by atoms with Crippen LogP contribution < -0.4 is 10.6 Å². The van der Waals surface area contributed by atoms with Crippen LogP contribution in [0.3, 0.4) is 0 Å². The Bertz CT molecular complexity index is 935. The molecule has 2 aromatic heterocycles. The molecule has 2 N–H and O–H groups in total. The van der Waals surface area contributed by atoms with E-state index in [9.17, 15) is 0 Å². The van der Waals surface area contributed by atoms with Crippen LogP contribution in [0.15, 0.2) is 70.5 Å². The Morgan fingerprint density at radius 3 is 2.66 bits per heavy atom. The Morgan fingerprint density at radius 2 is 1.94 bits per heavy atom. The number of hydrogen-bond donors (Lipinski definition) is 2. The van der Waals surface area contributed by atoms with Gasteiger partial charge in [-0.05, 0) is 69.1 Å². The van der Waals surface area contributed by atoms with Crippen molar-refractivity contribution in [1.82, 2.24) is 25.3 Å². The number of benzene rings is 1. The van der Waals surface area contributed by atoms with Gasteiger partial charge in [-0.2, -0.15) is 5.10 Å². The summed E-state index contributed by atoms with van der Waals surface area (Å²) in [5.74, 6) is 1.84. The molecule has 1 saturated heterocycles. The van der Waals surface area contributed by atoms with Gasteiger partial charge in [-0.1, -0.05) is 18.2 Å². The molecule has 0 aliphatic carbocycles. The van der Waals surface area contributed by atoms with Gasteiger partial charge in [0.05, 0.1) is 30.7 Å². The van der Waals surface area contributed by atoms with Gasteiger partial charge in [-0.15, -0.1) is 24.0 Å². The third-order valence-corrected chi connectivity index (χ3v) is 5.58. The van der Waals surface area contributed by atoms with Crippen molar-refractivity contribution in [2.75, 3.05) is 32.7 Å². The zero-order chi connectivity index (χ0) is 21.3. The van der Waals surface area contributed by atoms with Crippen molar-refractivity contribution in [2.24, 2.45) is 4.99 Å². The quantitative estimate of drug-likeness (QED) is 0.240. The molecule has 8 heteroatoms. The first-order valence-electron chi connectivity index (χ1n) is 11.2. The molecule has 32 heavy (non-hydrogen) atoms. The van der Waals surface area contributed by atoms with Gasteiger partial charge in [0.25, 0.3) is 0 Å². The van der Waals surface area contributed by atoms with Crippen molar-refractivity contribution in [3.05, 3.63) is 72.4 Å². The first-order valence-corrected chi connectivity index (χ1v) is 11.2. The fourth-order valence-corrected chi connectivity index (χ4v) is 3.98. The molecule has 4 rings (SSSR count). The summed E-state index contributed by atoms with van der Waals surface area (Å²) in [6.07, 6.45) is 9.14. The smallest absolute Gasteiger partial charge is 0.191 e. The molecular weight excluding hydrogens is 515 g/mol. The van der Waals surface area contributed by atoms with Crippen LogP contribution in [0.5, 0.6) is 0 Å². The number of rotatable bonds is 9. The van der Waals surface area contributed by atoms with Crippen molar-refractivity contribution < 1.29 is 4.42 Å². The number of para-hydroxylation sites is 1. The van der Waals surface area contributed by atoms with Crippen LogP contribution >= 0.6 is 24.0 Å². The van der Waals surface area contributed by atoms with Gasteiger partial charge in [0, 0.05) is 19.3 Å². The van der Waals surface area contributed by atoms with E-state index in [0.29, 0.717) is 6.54 Å². The summed E-state index contributed by atoms with van der Waals surface area (Å²) < 4.78 is 7.63. The molecular formula is C24H33IN6O. The summed E-state index contributed by atoms with van der Waals surface area (Å²) in [5.41, 5.74) is 2.26. The Labute approximate surface area is 207 Å². The number of nitrogens with one attached hydrogen (secondary N) is 2. The van der Waals surface area contributed by atoms with Crippen molar-refractivity contribution in [3.63, 3.8) is 0 Å². The van der Waals surface area contributed by atoms with Crippen molar-refractivity contribution in [3.8, 4) is 5.69 Å². The number of likely N-dealkylation sites (tertiary alicyclic amines) is 1. The summed E-state index contributed by atoms with van der Waals surface area (Å²) in [5, 5.41) is 11.3. The van der Waals surface area contributed by atoms with E-state index in [2.05, 4.69) is 52.0 Å². The van der Waals surface area contributed by atoms with Crippen molar-refractivity contribution >= 4 is 29.9 Å². The molecule has 0 radical (unpaired) electrons. The van der Waals surface area contributed by atoms with Crippen LogP contribution in [0.2, 0.25) is 0 Å². The molecule has 0 bridgehead atoms. The topological polar surface area (TPSA) is 70.6 Å². The molecule has 1 atom stereocenters. The molecule has 1 aliphatic heterocycles. The highest BCUT2D eigenvalue weighted by Crippen LogP contribution is 2.25. The summed E-state index contributed by atoms with van der Waals surface area (Å²) in [6, 6.07) is 14.4. The van der Waals surface area contributed by atoms with E-state index in [1.807, 2.05) is 35.1 Å². The van der Waals surface area contributed by atoms with Crippen LogP contribution in [0.25, 0.3) is 5.69 Å². The maximum atomic E-state index is 5.72. The van der Waals surface area contributed by atoms with Gasteiger partial charge in [-0.3, -0.25) is 9.89 Å². The molecule has 1 aromatic carbocycles. The molecule has 172 valence electrons. The molecule has 1 fully saturated rings. The summed E-state index contributed by atoms with van der Waals surface area (Å²) in [6.45, 7) is 6.60. The van der Waals surface area contributed by atoms with Crippen molar-refractivity contribution in [1.29, 1.82) is 0 Å². The zero-order valence-electron chi connectivity index (χ0n) is 18.6. The third-order valence-electron chi connectivity index (χ3n) is 5.58. The highest BCUT2D eigenvalue weighted by Gasteiger charge is 2.25. The van der Waals surface area contributed by atoms with E-state index in [1.54, 1.807) is 6.26 Å². The summed E-state index contributed by atoms with van der Waals surface area (Å²) in [7, 11) is 0. The largest absolute Gasteiger partial charge is 0.468 e. The van der Waals surface area contributed by atoms with E-state index < -0.39 is 0 Å².